The highest BCUT2D eigenvalue weighted by atomic mass is 16.3. The molecular formula is C99H57N9O2. The van der Waals surface area contributed by atoms with Crippen molar-refractivity contribution in [2.24, 2.45) is 0 Å². The second-order valence-electron chi connectivity index (χ2n) is 29.0. The minimum Gasteiger partial charge on any atom is -0.456 e. The van der Waals surface area contributed by atoms with Gasteiger partial charge in [0, 0.05) is 126 Å². The first-order chi connectivity index (χ1) is 54.5. The summed E-state index contributed by atoms with van der Waals surface area (Å²) in [6.07, 6.45) is 0. The van der Waals surface area contributed by atoms with Crippen LogP contribution in [-0.2, 0) is 0 Å². The molecule has 0 fully saturated rings. The first-order valence-corrected chi connectivity index (χ1v) is 37.3. The maximum atomic E-state index is 6.35. The highest BCUT2D eigenvalue weighted by molar-refractivity contribution is 6.21. The fraction of sp³-hybridized carbons (Fsp3) is 0. The molecule has 11 nitrogen and oxygen atoms in total. The number of benzene rings is 16. The van der Waals surface area contributed by atoms with E-state index in [2.05, 4.69) is 349 Å². The smallest absolute Gasteiger partial charge is 0.238 e. The van der Waals surface area contributed by atoms with Gasteiger partial charge < -0.3 is 31.7 Å². The molecule has 110 heavy (non-hydrogen) atoms. The topological polar surface area (TPSA) is 94.5 Å². The molecule has 510 valence electrons. The zero-order chi connectivity index (χ0) is 71.6. The molecule has 25 aromatic rings. The van der Waals surface area contributed by atoms with Gasteiger partial charge in [0.05, 0.1) is 66.2 Å². The molecule has 9 heterocycles. The van der Waals surface area contributed by atoms with Crippen molar-refractivity contribution in [3.8, 4) is 57.2 Å². The molecule has 11 heteroatoms. The summed E-state index contributed by atoms with van der Waals surface area (Å²) < 4.78 is 27.0. The third-order valence-electron chi connectivity index (χ3n) is 23.2. The highest BCUT2D eigenvalue weighted by Gasteiger charge is 2.26. The van der Waals surface area contributed by atoms with Crippen LogP contribution >= 0.6 is 0 Å². The van der Waals surface area contributed by atoms with Crippen LogP contribution in [0, 0.1) is 0 Å². The van der Waals surface area contributed by atoms with Gasteiger partial charge in [-0.2, -0.15) is 9.97 Å². The van der Waals surface area contributed by atoms with E-state index < -0.39 is 0 Å². The number of fused-ring (bicyclic) bond motifs is 24. The summed E-state index contributed by atoms with van der Waals surface area (Å²) in [6, 6.07) is 125. The number of furan rings is 2. The fourth-order valence-electron chi connectivity index (χ4n) is 18.5. The van der Waals surface area contributed by atoms with E-state index in [0.717, 1.165) is 182 Å². The van der Waals surface area contributed by atoms with Crippen LogP contribution in [0.5, 0.6) is 0 Å². The predicted octanol–water partition coefficient (Wildman–Crippen LogP) is 25.6. The second-order valence-corrected chi connectivity index (χ2v) is 29.0. The molecule has 0 saturated carbocycles. The van der Waals surface area contributed by atoms with Gasteiger partial charge >= 0.3 is 0 Å². The average molecular weight is 1400 g/mol. The minimum atomic E-state index is 0.507. The highest BCUT2D eigenvalue weighted by Crippen LogP contribution is 2.45. The number of para-hydroxylation sites is 9. The van der Waals surface area contributed by atoms with Gasteiger partial charge in [-0.05, 0) is 176 Å². The SMILES string of the molecule is c1cc(-n2c3ccccc3c3ccccc32)cc(-n2c3ccccc3c3cc(-n4c5ccccc5c5cc6c(cc54)c4ccccc4n6-c4nc(-c5ccc6c(c5)c5ccccc5n6-c5ccc6oc7ccccc7c6c5)nc(-c5ccc6c(c5)c5ccccc5n6-c5ccc6oc7ccccc7c6c5)n4)ccc32)c1. The first-order valence-electron chi connectivity index (χ1n) is 37.3. The van der Waals surface area contributed by atoms with Crippen molar-refractivity contribution in [2.75, 3.05) is 0 Å². The summed E-state index contributed by atoms with van der Waals surface area (Å²) in [4.78, 5) is 17.0. The van der Waals surface area contributed by atoms with Gasteiger partial charge in [0.2, 0.25) is 5.95 Å². The van der Waals surface area contributed by atoms with Crippen LogP contribution in [0.2, 0.25) is 0 Å². The Kier molecular flexibility index (Phi) is 12.0. The van der Waals surface area contributed by atoms with E-state index >= 15 is 0 Å². The molecule has 0 aliphatic rings. The third kappa shape index (κ3) is 8.34. The first kappa shape index (κ1) is 59.2. The summed E-state index contributed by atoms with van der Waals surface area (Å²) in [7, 11) is 0. The fourth-order valence-corrected chi connectivity index (χ4v) is 18.5. The summed E-state index contributed by atoms with van der Waals surface area (Å²) >= 11 is 0. The molecule has 0 saturated heterocycles. The van der Waals surface area contributed by atoms with Gasteiger partial charge in [-0.15, -0.1) is 0 Å². The van der Waals surface area contributed by atoms with Crippen molar-refractivity contribution in [1.29, 1.82) is 0 Å². The van der Waals surface area contributed by atoms with E-state index in [0.29, 0.717) is 17.6 Å². The lowest BCUT2D eigenvalue weighted by atomic mass is 10.1. The summed E-state index contributed by atoms with van der Waals surface area (Å²) in [5.41, 5.74) is 23.6. The monoisotopic (exact) mass is 1400 g/mol. The lowest BCUT2D eigenvalue weighted by molar-refractivity contribution is 0.668. The lowest BCUT2D eigenvalue weighted by Crippen LogP contribution is -2.06. The van der Waals surface area contributed by atoms with E-state index in [-0.39, 0.29) is 0 Å². The summed E-state index contributed by atoms with van der Waals surface area (Å²) in [5.74, 6) is 1.61. The molecule has 0 bridgehead atoms. The van der Waals surface area contributed by atoms with E-state index in [1.165, 1.54) is 32.6 Å². The Labute approximate surface area is 625 Å². The van der Waals surface area contributed by atoms with Crippen LogP contribution in [0.15, 0.2) is 355 Å². The van der Waals surface area contributed by atoms with E-state index in [1.807, 2.05) is 24.3 Å². The summed E-state index contributed by atoms with van der Waals surface area (Å²) in [5, 5.41) is 18.0. The van der Waals surface area contributed by atoms with Crippen molar-refractivity contribution < 1.29 is 8.83 Å². The van der Waals surface area contributed by atoms with Gasteiger partial charge in [0.15, 0.2) is 11.6 Å². The Morgan fingerprint density at radius 1 is 0.164 bits per heavy atom. The van der Waals surface area contributed by atoms with Gasteiger partial charge in [-0.25, -0.2) is 4.98 Å². The molecule has 0 atom stereocenters. The number of nitrogens with zero attached hydrogens (tertiary/aromatic N) is 9. The Morgan fingerprint density at radius 2 is 0.436 bits per heavy atom. The van der Waals surface area contributed by atoms with Gasteiger partial charge in [-0.3, -0.25) is 4.57 Å². The standard InChI is InChI=1S/C99H57N9O2/c1-10-31-81-65(22-1)66-23-2-11-32-82(66)103(81)60-20-19-21-61(52-60)104-85-35-14-5-26-69(85)76-53-62(42-47-90(76)104)107-86-36-15-6-27-70(86)77-57-92-78(56-91(77)107)71-28-7-16-37-87(71)108(92)99-101-97(58-40-45-88-74(50-58)67-24-3-12-33-83(67)105(88)63-43-48-95-79(54-63)72-29-8-17-38-93(72)109-95)100-98(102-99)59-41-46-89-75(51-59)68-25-4-13-34-84(68)106(89)64-44-49-96-80(55-64)73-30-9-18-39-94(73)110-96/h1-57H. The van der Waals surface area contributed by atoms with Crippen molar-refractivity contribution in [2.45, 2.75) is 0 Å². The zero-order valence-corrected chi connectivity index (χ0v) is 58.8. The van der Waals surface area contributed by atoms with Gasteiger partial charge in [-0.1, -0.05) is 170 Å². The second kappa shape index (κ2) is 22.3. The van der Waals surface area contributed by atoms with Crippen LogP contribution < -0.4 is 0 Å². The Morgan fingerprint density at radius 3 is 0.845 bits per heavy atom. The number of aromatic nitrogens is 9. The third-order valence-corrected chi connectivity index (χ3v) is 23.2. The normalized spacial score (nSPS) is 12.4. The van der Waals surface area contributed by atoms with Crippen LogP contribution in [-0.4, -0.2) is 42.4 Å². The Bertz CT molecular complexity index is 8030. The molecule has 0 spiro atoms. The molecule has 25 rings (SSSR count). The number of hydrogen-bond donors (Lipinski definition) is 0. The van der Waals surface area contributed by atoms with E-state index in [1.54, 1.807) is 0 Å². The molecule has 9 aromatic heterocycles. The van der Waals surface area contributed by atoms with Crippen LogP contribution in [0.1, 0.15) is 0 Å². The van der Waals surface area contributed by atoms with Crippen LogP contribution in [0.4, 0.5) is 0 Å². The Balaban J connectivity index is 0.684. The molecule has 0 amide bonds. The largest absolute Gasteiger partial charge is 0.456 e. The van der Waals surface area contributed by atoms with Gasteiger partial charge in [0.1, 0.15) is 22.3 Å². The molecule has 16 aromatic carbocycles. The predicted molar refractivity (Wildman–Crippen MR) is 451 cm³/mol. The van der Waals surface area contributed by atoms with Crippen LogP contribution in [0.3, 0.4) is 0 Å². The number of hydrogen-bond acceptors (Lipinski definition) is 5. The molecule has 0 aliphatic carbocycles. The van der Waals surface area contributed by atoms with Gasteiger partial charge in [0.25, 0.3) is 0 Å². The molecule has 0 N–H and O–H groups in total. The molecule has 0 unspecified atom stereocenters. The number of rotatable bonds is 8. The maximum absolute atomic E-state index is 6.35. The van der Waals surface area contributed by atoms with Crippen molar-refractivity contribution >= 4 is 175 Å². The quantitative estimate of drug-likeness (QED) is 0.151. The van der Waals surface area contributed by atoms with Crippen LogP contribution in [0.25, 0.3) is 232 Å². The zero-order valence-electron chi connectivity index (χ0n) is 58.8. The average Bonchev–Trinajstić information content (AvgIpc) is 1.55. The summed E-state index contributed by atoms with van der Waals surface area (Å²) in [6.45, 7) is 0. The van der Waals surface area contributed by atoms with E-state index in [4.69, 9.17) is 23.8 Å². The minimum absolute atomic E-state index is 0.507. The molecule has 0 radical (unpaired) electrons. The van der Waals surface area contributed by atoms with E-state index in [9.17, 15) is 0 Å². The Hall–Kier alpha value is -15.1. The van der Waals surface area contributed by atoms with Crippen molar-refractivity contribution in [1.82, 2.24) is 42.4 Å². The van der Waals surface area contributed by atoms with Crippen molar-refractivity contribution in [3.63, 3.8) is 0 Å². The molecular weight excluding hydrogens is 1350 g/mol. The lowest BCUT2D eigenvalue weighted by Gasteiger charge is -2.13. The van der Waals surface area contributed by atoms with Crippen molar-refractivity contribution in [3.05, 3.63) is 346 Å². The molecule has 0 aliphatic heterocycles. The maximum Gasteiger partial charge on any atom is 0.238 e.